The third kappa shape index (κ3) is 4.18. The molecule has 0 bridgehead atoms. The van der Waals surface area contributed by atoms with Crippen molar-refractivity contribution in [3.05, 3.63) is 29.8 Å². The molecule has 8 nitrogen and oxygen atoms in total. The van der Waals surface area contributed by atoms with Crippen LogP contribution in [-0.2, 0) is 25.6 Å². The molecule has 184 valence electrons. The van der Waals surface area contributed by atoms with Crippen LogP contribution >= 0.6 is 0 Å². The first-order valence-electron chi connectivity index (χ1n) is 12.5. The first-order valence-corrected chi connectivity index (χ1v) is 12.5. The fourth-order valence-electron chi connectivity index (χ4n) is 5.44. The predicted octanol–water partition coefficient (Wildman–Crippen LogP) is 1.87. The van der Waals surface area contributed by atoms with Gasteiger partial charge in [-0.15, -0.1) is 0 Å². The number of hydrogen-bond acceptors (Lipinski definition) is 4. The summed E-state index contributed by atoms with van der Waals surface area (Å²) < 4.78 is 0. The van der Waals surface area contributed by atoms with E-state index < -0.39 is 24.2 Å². The van der Waals surface area contributed by atoms with Gasteiger partial charge in [-0.1, -0.05) is 59.2 Å². The van der Waals surface area contributed by atoms with E-state index in [9.17, 15) is 19.2 Å². The van der Waals surface area contributed by atoms with Gasteiger partial charge in [0.1, 0.15) is 24.2 Å². The van der Waals surface area contributed by atoms with Gasteiger partial charge >= 0.3 is 0 Å². The van der Waals surface area contributed by atoms with E-state index in [-0.39, 0.29) is 41.4 Å². The third-order valence-electron chi connectivity index (χ3n) is 7.62. The molecule has 2 N–H and O–H groups in total. The molecule has 1 aromatic carbocycles. The first-order chi connectivity index (χ1) is 16.1. The lowest BCUT2D eigenvalue weighted by Crippen LogP contribution is -2.63. The molecular formula is C26H36N4O4. The lowest BCUT2D eigenvalue weighted by molar-refractivity contribution is -0.142. The average molecular weight is 469 g/mol. The average Bonchev–Trinajstić information content (AvgIpc) is 3.39. The summed E-state index contributed by atoms with van der Waals surface area (Å²) in [7, 11) is 0. The molecule has 6 atom stereocenters. The molecule has 0 aliphatic carbocycles. The summed E-state index contributed by atoms with van der Waals surface area (Å²) in [5.74, 6) is -1.32. The fourth-order valence-corrected chi connectivity index (χ4v) is 5.44. The molecule has 8 heteroatoms. The summed E-state index contributed by atoms with van der Waals surface area (Å²) in [6.07, 6.45) is 1.62. The van der Waals surface area contributed by atoms with Crippen molar-refractivity contribution in [1.82, 2.24) is 15.5 Å². The van der Waals surface area contributed by atoms with Gasteiger partial charge in [-0.2, -0.15) is 0 Å². The molecule has 2 saturated heterocycles. The highest BCUT2D eigenvalue weighted by Crippen LogP contribution is 2.36. The molecular weight excluding hydrogens is 432 g/mol. The molecule has 34 heavy (non-hydrogen) atoms. The molecule has 1 aromatic rings. The van der Waals surface area contributed by atoms with Crippen LogP contribution < -0.4 is 15.5 Å². The van der Waals surface area contributed by atoms with E-state index in [1.54, 1.807) is 9.80 Å². The second kappa shape index (κ2) is 9.39. The Morgan fingerprint density at radius 2 is 1.62 bits per heavy atom. The minimum absolute atomic E-state index is 0.127. The van der Waals surface area contributed by atoms with Crippen LogP contribution in [0.25, 0.3) is 0 Å². The van der Waals surface area contributed by atoms with Crippen LogP contribution in [0.3, 0.4) is 0 Å². The molecule has 4 rings (SSSR count). The second-order valence-electron chi connectivity index (χ2n) is 10.5. The van der Waals surface area contributed by atoms with E-state index in [2.05, 4.69) is 10.6 Å². The van der Waals surface area contributed by atoms with Gasteiger partial charge in [-0.3, -0.25) is 24.1 Å². The summed E-state index contributed by atoms with van der Waals surface area (Å²) >= 11 is 0. The van der Waals surface area contributed by atoms with Gasteiger partial charge in [0, 0.05) is 18.7 Å². The summed E-state index contributed by atoms with van der Waals surface area (Å²) in [5.41, 5.74) is 1.62. The van der Waals surface area contributed by atoms with E-state index in [0.717, 1.165) is 5.56 Å². The quantitative estimate of drug-likeness (QED) is 0.708. The zero-order valence-electron chi connectivity index (χ0n) is 20.7. The van der Waals surface area contributed by atoms with Gasteiger partial charge in [0.2, 0.25) is 17.7 Å². The highest BCUT2D eigenvalue weighted by atomic mass is 16.2. The van der Waals surface area contributed by atoms with Crippen molar-refractivity contribution in [3.8, 4) is 0 Å². The molecule has 2 fully saturated rings. The molecule has 3 aliphatic rings. The predicted molar refractivity (Wildman–Crippen MR) is 129 cm³/mol. The Morgan fingerprint density at radius 3 is 2.29 bits per heavy atom. The lowest BCUT2D eigenvalue weighted by Gasteiger charge is -2.36. The van der Waals surface area contributed by atoms with Crippen LogP contribution in [0, 0.1) is 17.8 Å². The van der Waals surface area contributed by atoms with E-state index in [1.165, 1.54) is 0 Å². The third-order valence-corrected chi connectivity index (χ3v) is 7.62. The lowest BCUT2D eigenvalue weighted by atomic mass is 9.95. The number of carbonyl (C=O) groups excluding carboxylic acids is 4. The molecule has 2 unspecified atom stereocenters. The van der Waals surface area contributed by atoms with Crippen molar-refractivity contribution < 1.29 is 19.2 Å². The number of hydrogen-bond donors (Lipinski definition) is 2. The van der Waals surface area contributed by atoms with Gasteiger partial charge < -0.3 is 15.5 Å². The Morgan fingerprint density at radius 1 is 0.941 bits per heavy atom. The van der Waals surface area contributed by atoms with Gasteiger partial charge in [0.25, 0.3) is 5.91 Å². The molecule has 3 heterocycles. The number of amides is 4. The van der Waals surface area contributed by atoms with Crippen LogP contribution in [0.15, 0.2) is 24.3 Å². The van der Waals surface area contributed by atoms with Crippen LogP contribution in [-0.4, -0.2) is 59.2 Å². The highest BCUT2D eigenvalue weighted by Gasteiger charge is 2.48. The summed E-state index contributed by atoms with van der Waals surface area (Å²) in [6, 6.07) is 4.56. The molecule has 3 aliphatic heterocycles. The summed E-state index contributed by atoms with van der Waals surface area (Å²) in [5, 5.41) is 5.86. The maximum absolute atomic E-state index is 14.0. The number of nitrogens with zero attached hydrogens (tertiary/aromatic N) is 2. The van der Waals surface area contributed by atoms with Crippen molar-refractivity contribution in [2.75, 3.05) is 11.4 Å². The molecule has 0 saturated carbocycles. The number of fused-ring (bicyclic) bond motifs is 4. The fraction of sp³-hybridized carbons (Fsp3) is 0.615. The Hall–Kier alpha value is -2.90. The van der Waals surface area contributed by atoms with E-state index in [0.29, 0.717) is 31.5 Å². The number of nitrogens with one attached hydrogen (secondary N) is 2. The zero-order valence-corrected chi connectivity index (χ0v) is 20.7. The van der Waals surface area contributed by atoms with Crippen molar-refractivity contribution >= 4 is 29.3 Å². The van der Waals surface area contributed by atoms with Gasteiger partial charge in [0.15, 0.2) is 0 Å². The van der Waals surface area contributed by atoms with Crippen molar-refractivity contribution in [2.24, 2.45) is 17.8 Å². The Kier molecular flexibility index (Phi) is 6.69. The maximum Gasteiger partial charge on any atom is 0.250 e. The van der Waals surface area contributed by atoms with Crippen molar-refractivity contribution in [3.63, 3.8) is 0 Å². The number of para-hydroxylation sites is 1. The van der Waals surface area contributed by atoms with Gasteiger partial charge in [-0.05, 0) is 35.8 Å². The largest absolute Gasteiger partial charge is 0.342 e. The minimum atomic E-state index is -0.815. The monoisotopic (exact) mass is 468 g/mol. The number of benzene rings is 1. The van der Waals surface area contributed by atoms with Crippen LogP contribution in [0.2, 0.25) is 0 Å². The summed E-state index contributed by atoms with van der Waals surface area (Å²) in [4.78, 5) is 57.9. The number of rotatable bonds is 3. The molecule has 0 aromatic heterocycles. The van der Waals surface area contributed by atoms with E-state index >= 15 is 0 Å². The Balaban J connectivity index is 1.82. The first kappa shape index (κ1) is 24.2. The van der Waals surface area contributed by atoms with Crippen LogP contribution in [0.5, 0.6) is 0 Å². The second-order valence-corrected chi connectivity index (χ2v) is 10.5. The summed E-state index contributed by atoms with van der Waals surface area (Å²) in [6.45, 7) is 10.1. The highest BCUT2D eigenvalue weighted by molar-refractivity contribution is 6.08. The zero-order chi connectivity index (χ0) is 24.7. The van der Waals surface area contributed by atoms with Gasteiger partial charge in [0.05, 0.1) is 0 Å². The standard InChI is InChI=1S/C26H36N4O4/c1-6-16(5)22-24(32)27-21(14(2)3)26(34)30-18-10-8-7-9-17(18)12-20(30)25(33)29-13-15(4)11-19(29)23(31)28-22/h7-10,14-16,19-22H,6,11-13H2,1-5H3,(H,27,32)(H,28,31)/t15?,16?,19-,20-,21-,22-/m0/s1. The molecule has 0 radical (unpaired) electrons. The van der Waals surface area contributed by atoms with Crippen molar-refractivity contribution in [2.45, 2.75) is 78.0 Å². The smallest absolute Gasteiger partial charge is 0.250 e. The Labute approximate surface area is 201 Å². The van der Waals surface area contributed by atoms with Crippen LogP contribution in [0.1, 0.15) is 53.0 Å². The maximum atomic E-state index is 14.0. The van der Waals surface area contributed by atoms with E-state index in [4.69, 9.17) is 0 Å². The molecule has 0 spiro atoms. The van der Waals surface area contributed by atoms with E-state index in [1.807, 2.05) is 58.9 Å². The topological polar surface area (TPSA) is 98.8 Å². The van der Waals surface area contributed by atoms with Gasteiger partial charge in [-0.25, -0.2) is 0 Å². The van der Waals surface area contributed by atoms with Crippen LogP contribution in [0.4, 0.5) is 5.69 Å². The Bertz CT molecular complexity index is 993. The SMILES string of the molecule is CCC(C)[C@@H]1NC(=O)[C@@H]2CC(C)CN2C(=O)[C@@H]2Cc3ccccc3N2C(=O)[C@H](C(C)C)NC1=O. The number of carbonyl (C=O) groups is 4. The molecule has 4 amide bonds. The number of anilines is 1. The minimum Gasteiger partial charge on any atom is -0.342 e. The normalized spacial score (nSPS) is 30.7. The van der Waals surface area contributed by atoms with Crippen molar-refractivity contribution in [1.29, 1.82) is 0 Å².